The molecule has 1 unspecified atom stereocenters. The van der Waals surface area contributed by atoms with E-state index in [1.807, 2.05) is 0 Å². The number of fused-ring (bicyclic) bond motifs is 1. The van der Waals surface area contributed by atoms with Crippen molar-refractivity contribution in [1.82, 2.24) is 0 Å². The maximum Gasteiger partial charge on any atom is 0.153 e. The summed E-state index contributed by atoms with van der Waals surface area (Å²) in [6.07, 6.45) is -0.0470. The standard InChI is InChI=1S/C24H23NO2/c1-3-9-19(10-4-1)24(20-11-5-2-6-12-20)18-25(23-17-26-15-16-27-23)22-14-8-7-13-21(22)24/h1-14,23H,15-18H2. The molecular formula is C24H23NO2. The lowest BCUT2D eigenvalue weighted by Gasteiger charge is -2.36. The van der Waals surface area contributed by atoms with Gasteiger partial charge in [-0.05, 0) is 22.8 Å². The Morgan fingerprint density at radius 2 is 1.37 bits per heavy atom. The summed E-state index contributed by atoms with van der Waals surface area (Å²) >= 11 is 0. The van der Waals surface area contributed by atoms with E-state index in [1.54, 1.807) is 0 Å². The highest BCUT2D eigenvalue weighted by atomic mass is 16.6. The predicted molar refractivity (Wildman–Crippen MR) is 107 cm³/mol. The van der Waals surface area contributed by atoms with E-state index in [0.717, 1.165) is 6.54 Å². The summed E-state index contributed by atoms with van der Waals surface area (Å²) in [5.41, 5.74) is 4.96. The van der Waals surface area contributed by atoms with E-state index in [-0.39, 0.29) is 11.6 Å². The van der Waals surface area contributed by atoms with Crippen molar-refractivity contribution in [2.45, 2.75) is 11.6 Å². The Hall–Kier alpha value is -2.62. The molecule has 0 radical (unpaired) electrons. The molecule has 27 heavy (non-hydrogen) atoms. The molecule has 1 fully saturated rings. The molecule has 1 atom stereocenters. The van der Waals surface area contributed by atoms with Gasteiger partial charge in [-0.15, -0.1) is 0 Å². The van der Waals surface area contributed by atoms with E-state index in [2.05, 4.69) is 89.8 Å². The number of benzene rings is 3. The molecule has 3 nitrogen and oxygen atoms in total. The molecule has 0 spiro atoms. The van der Waals surface area contributed by atoms with Crippen molar-refractivity contribution < 1.29 is 9.47 Å². The molecule has 136 valence electrons. The quantitative estimate of drug-likeness (QED) is 0.701. The summed E-state index contributed by atoms with van der Waals surface area (Å²) in [7, 11) is 0. The number of rotatable bonds is 3. The number of ether oxygens (including phenoxy) is 2. The molecule has 0 amide bonds. The summed E-state index contributed by atoms with van der Waals surface area (Å²) in [5.74, 6) is 0. The third-order valence-electron chi connectivity index (χ3n) is 5.76. The van der Waals surface area contributed by atoms with Crippen LogP contribution in [0.1, 0.15) is 16.7 Å². The van der Waals surface area contributed by atoms with Gasteiger partial charge in [0.25, 0.3) is 0 Å². The summed E-state index contributed by atoms with van der Waals surface area (Å²) in [6, 6.07) is 30.4. The lowest BCUT2D eigenvalue weighted by atomic mass is 9.71. The maximum absolute atomic E-state index is 6.08. The van der Waals surface area contributed by atoms with E-state index in [0.29, 0.717) is 19.8 Å². The highest BCUT2D eigenvalue weighted by Gasteiger charge is 2.47. The van der Waals surface area contributed by atoms with Gasteiger partial charge < -0.3 is 14.4 Å². The predicted octanol–water partition coefficient (Wildman–Crippen LogP) is 4.21. The Morgan fingerprint density at radius 1 is 0.741 bits per heavy atom. The average molecular weight is 357 g/mol. The van der Waals surface area contributed by atoms with Crippen LogP contribution in [0.2, 0.25) is 0 Å². The second-order valence-corrected chi connectivity index (χ2v) is 7.18. The second-order valence-electron chi connectivity index (χ2n) is 7.18. The molecule has 3 aromatic rings. The van der Waals surface area contributed by atoms with Gasteiger partial charge in [0.05, 0.1) is 25.2 Å². The molecule has 0 saturated carbocycles. The Balaban J connectivity index is 1.72. The summed E-state index contributed by atoms with van der Waals surface area (Å²) < 4.78 is 11.8. The van der Waals surface area contributed by atoms with Gasteiger partial charge in [-0.1, -0.05) is 78.9 Å². The molecular weight excluding hydrogens is 334 g/mol. The van der Waals surface area contributed by atoms with E-state index in [4.69, 9.17) is 9.47 Å². The Labute approximate surface area is 160 Å². The molecule has 2 aliphatic rings. The van der Waals surface area contributed by atoms with Gasteiger partial charge in [0.1, 0.15) is 0 Å². The fraction of sp³-hybridized carbons (Fsp3) is 0.250. The lowest BCUT2D eigenvalue weighted by Crippen LogP contribution is -2.46. The van der Waals surface area contributed by atoms with Gasteiger partial charge >= 0.3 is 0 Å². The number of hydrogen-bond donors (Lipinski definition) is 0. The monoisotopic (exact) mass is 357 g/mol. The summed E-state index contributed by atoms with van der Waals surface area (Å²) in [4.78, 5) is 2.38. The average Bonchev–Trinajstić information content (AvgIpc) is 3.12. The minimum absolute atomic E-state index is 0.0470. The molecule has 0 aromatic heterocycles. The van der Waals surface area contributed by atoms with Crippen molar-refractivity contribution in [2.24, 2.45) is 0 Å². The van der Waals surface area contributed by atoms with Crippen LogP contribution in [0.15, 0.2) is 84.9 Å². The van der Waals surface area contributed by atoms with Crippen molar-refractivity contribution in [3.63, 3.8) is 0 Å². The van der Waals surface area contributed by atoms with Gasteiger partial charge in [-0.2, -0.15) is 0 Å². The smallest absolute Gasteiger partial charge is 0.153 e. The van der Waals surface area contributed by atoms with Gasteiger partial charge in [0.15, 0.2) is 6.23 Å². The molecule has 0 N–H and O–H groups in total. The van der Waals surface area contributed by atoms with Gasteiger partial charge in [0.2, 0.25) is 0 Å². The Bertz CT molecular complexity index is 864. The minimum atomic E-state index is -0.222. The molecule has 1 saturated heterocycles. The van der Waals surface area contributed by atoms with Crippen LogP contribution >= 0.6 is 0 Å². The van der Waals surface area contributed by atoms with Crippen molar-refractivity contribution in [1.29, 1.82) is 0 Å². The van der Waals surface area contributed by atoms with Gasteiger partial charge in [-0.3, -0.25) is 0 Å². The molecule has 2 heterocycles. The van der Waals surface area contributed by atoms with Crippen LogP contribution in [-0.2, 0) is 14.9 Å². The highest BCUT2D eigenvalue weighted by Crippen LogP contribution is 2.50. The van der Waals surface area contributed by atoms with Crippen LogP contribution in [-0.4, -0.2) is 32.6 Å². The van der Waals surface area contributed by atoms with Crippen molar-refractivity contribution in [2.75, 3.05) is 31.3 Å². The largest absolute Gasteiger partial charge is 0.374 e. The van der Waals surface area contributed by atoms with Crippen molar-refractivity contribution >= 4 is 5.69 Å². The lowest BCUT2D eigenvalue weighted by molar-refractivity contribution is -0.0881. The number of para-hydroxylation sites is 1. The number of nitrogens with zero attached hydrogens (tertiary/aromatic N) is 1. The first-order valence-electron chi connectivity index (χ1n) is 9.56. The van der Waals surface area contributed by atoms with Crippen LogP contribution in [0.5, 0.6) is 0 Å². The summed E-state index contributed by atoms with van der Waals surface area (Å²) in [5, 5.41) is 0. The fourth-order valence-electron chi connectivity index (χ4n) is 4.53. The van der Waals surface area contributed by atoms with Crippen molar-refractivity contribution in [3.8, 4) is 0 Å². The molecule has 5 rings (SSSR count). The summed E-state index contributed by atoms with van der Waals surface area (Å²) in [6.45, 7) is 2.77. The maximum atomic E-state index is 6.08. The van der Waals surface area contributed by atoms with E-state index >= 15 is 0 Å². The molecule has 0 aliphatic carbocycles. The molecule has 0 bridgehead atoms. The van der Waals surface area contributed by atoms with E-state index in [9.17, 15) is 0 Å². The van der Waals surface area contributed by atoms with Gasteiger partial charge in [-0.25, -0.2) is 0 Å². The second kappa shape index (κ2) is 6.84. The van der Waals surface area contributed by atoms with E-state index < -0.39 is 0 Å². The first-order chi connectivity index (χ1) is 13.4. The van der Waals surface area contributed by atoms with Crippen LogP contribution in [0, 0.1) is 0 Å². The third kappa shape index (κ3) is 2.66. The first kappa shape index (κ1) is 16.5. The normalized spacial score (nSPS) is 21.0. The van der Waals surface area contributed by atoms with Crippen LogP contribution in [0.3, 0.4) is 0 Å². The molecule has 2 aliphatic heterocycles. The molecule has 3 aromatic carbocycles. The van der Waals surface area contributed by atoms with Crippen molar-refractivity contribution in [3.05, 3.63) is 102 Å². The van der Waals surface area contributed by atoms with Gasteiger partial charge in [0, 0.05) is 12.2 Å². The fourth-order valence-corrected chi connectivity index (χ4v) is 4.53. The first-order valence-corrected chi connectivity index (χ1v) is 9.56. The third-order valence-corrected chi connectivity index (χ3v) is 5.76. The zero-order valence-electron chi connectivity index (χ0n) is 15.3. The minimum Gasteiger partial charge on any atom is -0.374 e. The van der Waals surface area contributed by atoms with E-state index in [1.165, 1.54) is 22.4 Å². The zero-order chi connectivity index (χ0) is 18.1. The molecule has 3 heteroatoms. The highest BCUT2D eigenvalue weighted by molar-refractivity contribution is 5.70. The van der Waals surface area contributed by atoms with Crippen LogP contribution < -0.4 is 4.90 Å². The number of anilines is 1. The van der Waals surface area contributed by atoms with Crippen LogP contribution in [0.25, 0.3) is 0 Å². The Kier molecular flexibility index (Phi) is 4.19. The number of hydrogen-bond acceptors (Lipinski definition) is 3. The Morgan fingerprint density at radius 3 is 2.00 bits per heavy atom. The van der Waals surface area contributed by atoms with Crippen LogP contribution in [0.4, 0.5) is 5.69 Å². The SMILES string of the molecule is c1ccc(C2(c3ccccc3)CN(C3COCCO3)c3ccccc32)cc1. The topological polar surface area (TPSA) is 21.7 Å². The zero-order valence-corrected chi connectivity index (χ0v) is 15.3.